The zero-order valence-electron chi connectivity index (χ0n) is 9.46. The molecule has 2 aromatic rings. The van der Waals surface area contributed by atoms with Gasteiger partial charge in [0, 0.05) is 16.4 Å². The van der Waals surface area contributed by atoms with E-state index in [1.165, 1.54) is 0 Å². The maximum absolute atomic E-state index is 9.00. The molecule has 0 bridgehead atoms. The maximum Gasteiger partial charge on any atom is 0.101 e. The number of rotatable bonds is 1. The van der Waals surface area contributed by atoms with Crippen LogP contribution in [0.4, 0.5) is 0 Å². The Balaban J connectivity index is 2.73. The van der Waals surface area contributed by atoms with Crippen molar-refractivity contribution in [2.24, 2.45) is 0 Å². The summed E-state index contributed by atoms with van der Waals surface area (Å²) in [6.07, 6.45) is 0. The highest BCUT2D eigenvalue weighted by atomic mass is 35.5. The fraction of sp³-hybridized carbons (Fsp3) is 0.154. The molecule has 0 saturated heterocycles. The van der Waals surface area contributed by atoms with Crippen LogP contribution in [0.5, 0.6) is 0 Å². The van der Waals surface area contributed by atoms with Crippen LogP contribution in [0.25, 0.3) is 5.69 Å². The van der Waals surface area contributed by atoms with E-state index in [0.717, 1.165) is 17.1 Å². The first-order chi connectivity index (χ1) is 8.04. The van der Waals surface area contributed by atoms with Gasteiger partial charge < -0.3 is 4.57 Å². The van der Waals surface area contributed by atoms with Crippen LogP contribution in [0, 0.1) is 25.2 Å². The topological polar surface area (TPSA) is 28.7 Å². The molecule has 0 aliphatic heterocycles. The number of hydrogen-bond acceptors (Lipinski definition) is 1. The minimum absolute atomic E-state index is 0.612. The standard InChI is InChI=1S/C13H10Cl2N2/c1-8-5-10(7-16)9(2)17(8)13-6-11(14)3-4-12(13)15/h3-6H,1-2H3. The average molecular weight is 265 g/mol. The van der Waals surface area contributed by atoms with Gasteiger partial charge in [0.25, 0.3) is 0 Å². The molecule has 0 atom stereocenters. The molecule has 1 aromatic heterocycles. The Bertz CT molecular complexity index is 621. The summed E-state index contributed by atoms with van der Waals surface area (Å²) < 4.78 is 1.94. The highest BCUT2D eigenvalue weighted by molar-refractivity contribution is 6.34. The number of halogens is 2. The van der Waals surface area contributed by atoms with Crippen LogP contribution in [0.1, 0.15) is 17.0 Å². The first-order valence-electron chi connectivity index (χ1n) is 5.09. The van der Waals surface area contributed by atoms with Crippen molar-refractivity contribution >= 4 is 23.2 Å². The van der Waals surface area contributed by atoms with Crippen molar-refractivity contribution in [3.8, 4) is 11.8 Å². The van der Waals surface area contributed by atoms with E-state index in [2.05, 4.69) is 6.07 Å². The van der Waals surface area contributed by atoms with E-state index in [9.17, 15) is 0 Å². The van der Waals surface area contributed by atoms with Gasteiger partial charge in [-0.05, 0) is 38.1 Å². The number of nitrogens with zero attached hydrogens (tertiary/aromatic N) is 2. The SMILES string of the molecule is Cc1cc(C#N)c(C)n1-c1cc(Cl)ccc1Cl. The molecule has 1 heterocycles. The van der Waals surface area contributed by atoms with Crippen LogP contribution in [-0.2, 0) is 0 Å². The Morgan fingerprint density at radius 1 is 1.18 bits per heavy atom. The van der Waals surface area contributed by atoms with Crippen molar-refractivity contribution in [2.75, 3.05) is 0 Å². The summed E-state index contributed by atoms with van der Waals surface area (Å²) in [5.74, 6) is 0. The van der Waals surface area contributed by atoms with Gasteiger partial charge in [-0.15, -0.1) is 0 Å². The van der Waals surface area contributed by atoms with Crippen molar-refractivity contribution in [1.29, 1.82) is 5.26 Å². The molecule has 2 rings (SSSR count). The second-order valence-electron chi connectivity index (χ2n) is 3.83. The summed E-state index contributed by atoms with van der Waals surface area (Å²) in [7, 11) is 0. The lowest BCUT2D eigenvalue weighted by molar-refractivity contribution is 0.964. The summed E-state index contributed by atoms with van der Waals surface area (Å²) in [6.45, 7) is 3.83. The smallest absolute Gasteiger partial charge is 0.101 e. The molecule has 4 heteroatoms. The molecule has 2 nitrogen and oxygen atoms in total. The quantitative estimate of drug-likeness (QED) is 0.756. The second-order valence-corrected chi connectivity index (χ2v) is 4.67. The number of benzene rings is 1. The molecule has 0 aliphatic carbocycles. The molecule has 86 valence electrons. The molecule has 0 radical (unpaired) electrons. The van der Waals surface area contributed by atoms with Gasteiger partial charge >= 0.3 is 0 Å². The monoisotopic (exact) mass is 264 g/mol. The van der Waals surface area contributed by atoms with Crippen LogP contribution < -0.4 is 0 Å². The van der Waals surface area contributed by atoms with E-state index in [1.54, 1.807) is 18.2 Å². The van der Waals surface area contributed by atoms with Crippen LogP contribution in [-0.4, -0.2) is 4.57 Å². The van der Waals surface area contributed by atoms with Crippen molar-refractivity contribution in [2.45, 2.75) is 13.8 Å². The number of aromatic nitrogens is 1. The fourth-order valence-corrected chi connectivity index (χ4v) is 2.27. The Morgan fingerprint density at radius 2 is 1.88 bits per heavy atom. The summed E-state index contributed by atoms with van der Waals surface area (Å²) in [5.41, 5.74) is 3.28. The minimum Gasteiger partial charge on any atom is -0.316 e. The van der Waals surface area contributed by atoms with Gasteiger partial charge in [-0.1, -0.05) is 23.2 Å². The molecular formula is C13H10Cl2N2. The molecule has 0 unspecified atom stereocenters. The van der Waals surface area contributed by atoms with Gasteiger partial charge in [-0.2, -0.15) is 5.26 Å². The summed E-state index contributed by atoms with van der Waals surface area (Å²) in [6, 6.07) is 9.30. The maximum atomic E-state index is 9.00. The molecule has 17 heavy (non-hydrogen) atoms. The molecule has 1 aromatic carbocycles. The average Bonchev–Trinajstić information content (AvgIpc) is 2.58. The van der Waals surface area contributed by atoms with Crippen LogP contribution in [0.3, 0.4) is 0 Å². The Morgan fingerprint density at radius 3 is 2.47 bits per heavy atom. The number of aryl methyl sites for hydroxylation is 1. The third-order valence-electron chi connectivity index (χ3n) is 2.70. The van der Waals surface area contributed by atoms with E-state index in [4.69, 9.17) is 28.5 Å². The number of hydrogen-bond donors (Lipinski definition) is 0. The minimum atomic E-state index is 0.612. The first-order valence-corrected chi connectivity index (χ1v) is 5.84. The van der Waals surface area contributed by atoms with Crippen molar-refractivity contribution in [3.63, 3.8) is 0 Å². The Kier molecular flexibility index (Phi) is 3.15. The fourth-order valence-electron chi connectivity index (χ4n) is 1.90. The van der Waals surface area contributed by atoms with E-state index in [1.807, 2.05) is 24.5 Å². The van der Waals surface area contributed by atoms with Gasteiger partial charge in [0.05, 0.1) is 16.3 Å². The van der Waals surface area contributed by atoms with E-state index < -0.39 is 0 Å². The Labute approximate surface area is 110 Å². The lowest BCUT2D eigenvalue weighted by Crippen LogP contribution is -2.00. The van der Waals surface area contributed by atoms with Gasteiger partial charge in [0.1, 0.15) is 6.07 Å². The molecule has 0 amide bonds. The highest BCUT2D eigenvalue weighted by Gasteiger charge is 2.12. The first kappa shape index (κ1) is 12.0. The molecule has 0 saturated carbocycles. The van der Waals surface area contributed by atoms with Gasteiger partial charge in [-0.25, -0.2) is 0 Å². The lowest BCUT2D eigenvalue weighted by Gasteiger charge is -2.11. The predicted molar refractivity (Wildman–Crippen MR) is 70.0 cm³/mol. The summed E-state index contributed by atoms with van der Waals surface area (Å²) >= 11 is 12.1. The lowest BCUT2D eigenvalue weighted by atomic mass is 10.2. The number of nitriles is 1. The van der Waals surface area contributed by atoms with Crippen molar-refractivity contribution in [3.05, 3.63) is 51.3 Å². The van der Waals surface area contributed by atoms with Gasteiger partial charge in [0.15, 0.2) is 0 Å². The van der Waals surface area contributed by atoms with Gasteiger partial charge in [-0.3, -0.25) is 0 Å². The van der Waals surface area contributed by atoms with Crippen molar-refractivity contribution < 1.29 is 0 Å². The normalized spacial score (nSPS) is 10.3. The Hall–Kier alpha value is -1.43. The van der Waals surface area contributed by atoms with Crippen molar-refractivity contribution in [1.82, 2.24) is 4.57 Å². The predicted octanol–water partition coefficient (Wildman–Crippen LogP) is 4.27. The second kappa shape index (κ2) is 4.44. The third kappa shape index (κ3) is 2.04. The summed E-state index contributed by atoms with van der Waals surface area (Å²) in [5, 5.41) is 10.2. The van der Waals surface area contributed by atoms with E-state index in [0.29, 0.717) is 15.6 Å². The third-order valence-corrected chi connectivity index (χ3v) is 3.26. The van der Waals surface area contributed by atoms with Crippen LogP contribution in [0.2, 0.25) is 10.0 Å². The highest BCUT2D eigenvalue weighted by Crippen LogP contribution is 2.28. The summed E-state index contributed by atoms with van der Waals surface area (Å²) in [4.78, 5) is 0. The van der Waals surface area contributed by atoms with Gasteiger partial charge in [0.2, 0.25) is 0 Å². The van der Waals surface area contributed by atoms with Crippen LogP contribution in [0.15, 0.2) is 24.3 Å². The molecule has 0 N–H and O–H groups in total. The zero-order chi connectivity index (χ0) is 12.6. The molecule has 0 fully saturated rings. The van der Waals surface area contributed by atoms with Crippen LogP contribution >= 0.6 is 23.2 Å². The van der Waals surface area contributed by atoms with E-state index >= 15 is 0 Å². The van der Waals surface area contributed by atoms with E-state index in [-0.39, 0.29) is 0 Å². The molecular weight excluding hydrogens is 255 g/mol. The zero-order valence-corrected chi connectivity index (χ0v) is 11.0. The largest absolute Gasteiger partial charge is 0.316 e. The molecule has 0 spiro atoms. The molecule has 0 aliphatic rings.